The molecule has 140 valence electrons. The van der Waals surface area contributed by atoms with E-state index in [0.29, 0.717) is 27.1 Å². The molecule has 0 radical (unpaired) electrons. The minimum absolute atomic E-state index is 0.253. The van der Waals surface area contributed by atoms with Crippen molar-refractivity contribution in [2.75, 3.05) is 13.7 Å². The van der Waals surface area contributed by atoms with Crippen LogP contribution in [0.25, 0.3) is 10.6 Å². The first kappa shape index (κ1) is 19.5. The van der Waals surface area contributed by atoms with Crippen LogP contribution in [0.5, 0.6) is 0 Å². The fourth-order valence-electron chi connectivity index (χ4n) is 2.33. The summed E-state index contributed by atoms with van der Waals surface area (Å²) < 4.78 is 5.20. The maximum absolute atomic E-state index is 12.4. The number of esters is 1. The van der Waals surface area contributed by atoms with Crippen LogP contribution in [0.1, 0.15) is 20.2 Å². The number of carbonyl (C=O) groups excluding carboxylic acids is 2. The van der Waals surface area contributed by atoms with E-state index in [2.05, 4.69) is 4.98 Å². The van der Waals surface area contributed by atoms with Crippen LogP contribution in [-0.4, -0.2) is 35.4 Å². The summed E-state index contributed by atoms with van der Waals surface area (Å²) in [7, 11) is 1.69. The topological polar surface area (TPSA) is 59.5 Å². The van der Waals surface area contributed by atoms with Gasteiger partial charge < -0.3 is 9.64 Å². The average molecular weight is 421 g/mol. The van der Waals surface area contributed by atoms with Gasteiger partial charge in [0, 0.05) is 22.5 Å². The molecule has 0 aliphatic carbocycles. The van der Waals surface area contributed by atoms with Crippen molar-refractivity contribution in [3.63, 3.8) is 0 Å². The van der Waals surface area contributed by atoms with Crippen molar-refractivity contribution in [2.24, 2.45) is 0 Å². The van der Waals surface area contributed by atoms with Crippen LogP contribution in [0.3, 0.4) is 0 Å². The molecule has 3 rings (SSSR count). The van der Waals surface area contributed by atoms with Gasteiger partial charge in [-0.3, -0.25) is 4.79 Å². The molecule has 0 aliphatic rings. The van der Waals surface area contributed by atoms with E-state index in [1.54, 1.807) is 37.4 Å². The van der Waals surface area contributed by atoms with Crippen molar-refractivity contribution < 1.29 is 14.3 Å². The van der Waals surface area contributed by atoms with Crippen molar-refractivity contribution in [1.82, 2.24) is 9.88 Å². The lowest BCUT2D eigenvalue weighted by Gasteiger charge is -2.15. The first-order valence-corrected chi connectivity index (χ1v) is 10.2. The fraction of sp³-hybridized carbons (Fsp3) is 0.211. The molecule has 0 saturated heterocycles. The Labute approximate surface area is 170 Å². The molecule has 0 bridgehead atoms. The highest BCUT2D eigenvalue weighted by atomic mass is 35.5. The lowest BCUT2D eigenvalue weighted by molar-refractivity contribution is -0.133. The molecule has 27 heavy (non-hydrogen) atoms. The second-order valence-corrected chi connectivity index (χ2v) is 8.31. The zero-order chi connectivity index (χ0) is 19.4. The number of aryl methyl sites for hydroxylation is 1. The summed E-state index contributed by atoms with van der Waals surface area (Å²) in [5.41, 5.74) is 1.45. The molecule has 2 aromatic heterocycles. The largest absolute Gasteiger partial charge is 0.451 e. The third-order valence-corrected chi connectivity index (χ3v) is 6.10. The first-order chi connectivity index (χ1) is 12.9. The Kier molecular flexibility index (Phi) is 6.26. The standard InChI is InChI=1S/C19H17ClN2O3S2/c1-12-17(27-18(21-12)13-5-7-14(20)8-6-13)19(24)25-11-16(23)22(2)10-15-4-3-9-26-15/h3-9H,10-11H2,1-2H3. The van der Waals surface area contributed by atoms with Crippen LogP contribution in [0, 0.1) is 6.92 Å². The van der Waals surface area contributed by atoms with E-state index >= 15 is 0 Å². The molecule has 1 amide bonds. The lowest BCUT2D eigenvalue weighted by Crippen LogP contribution is -2.30. The second-order valence-electron chi connectivity index (χ2n) is 5.85. The van der Waals surface area contributed by atoms with E-state index in [-0.39, 0.29) is 12.5 Å². The third-order valence-electron chi connectivity index (χ3n) is 3.80. The van der Waals surface area contributed by atoms with Crippen molar-refractivity contribution >= 4 is 46.2 Å². The zero-order valence-electron chi connectivity index (χ0n) is 14.8. The minimum atomic E-state index is -0.539. The van der Waals surface area contributed by atoms with E-state index in [4.69, 9.17) is 16.3 Å². The summed E-state index contributed by atoms with van der Waals surface area (Å²) in [4.78, 5) is 32.0. The number of aromatic nitrogens is 1. The molecular formula is C19H17ClN2O3S2. The van der Waals surface area contributed by atoms with Gasteiger partial charge >= 0.3 is 5.97 Å². The van der Waals surface area contributed by atoms with E-state index < -0.39 is 5.97 Å². The van der Waals surface area contributed by atoms with Gasteiger partial charge in [-0.15, -0.1) is 22.7 Å². The first-order valence-electron chi connectivity index (χ1n) is 8.11. The number of rotatable bonds is 6. The molecule has 3 aromatic rings. The summed E-state index contributed by atoms with van der Waals surface area (Å²) in [5.74, 6) is -0.792. The number of nitrogens with zero attached hydrogens (tertiary/aromatic N) is 2. The summed E-state index contributed by atoms with van der Waals surface area (Å²) in [6.07, 6.45) is 0. The minimum Gasteiger partial charge on any atom is -0.451 e. The quantitative estimate of drug-likeness (QED) is 0.544. The van der Waals surface area contributed by atoms with Crippen molar-refractivity contribution in [3.8, 4) is 10.6 Å². The van der Waals surface area contributed by atoms with Gasteiger partial charge in [-0.05, 0) is 30.5 Å². The van der Waals surface area contributed by atoms with Crippen LogP contribution in [0.15, 0.2) is 41.8 Å². The number of benzene rings is 1. The Morgan fingerprint density at radius 1 is 1.22 bits per heavy atom. The number of likely N-dealkylation sites (N-methyl/N-ethyl adjacent to an activating group) is 1. The van der Waals surface area contributed by atoms with Crippen LogP contribution in [-0.2, 0) is 16.1 Å². The number of thiophene rings is 1. The number of hydrogen-bond donors (Lipinski definition) is 0. The van der Waals surface area contributed by atoms with Crippen LogP contribution >= 0.6 is 34.3 Å². The lowest BCUT2D eigenvalue weighted by atomic mass is 10.2. The molecular weight excluding hydrogens is 404 g/mol. The monoisotopic (exact) mass is 420 g/mol. The Hall–Kier alpha value is -2.22. The highest BCUT2D eigenvalue weighted by Crippen LogP contribution is 2.29. The van der Waals surface area contributed by atoms with E-state index in [1.807, 2.05) is 29.6 Å². The number of amides is 1. The van der Waals surface area contributed by atoms with Crippen molar-refractivity contribution in [3.05, 3.63) is 62.2 Å². The predicted molar refractivity (Wildman–Crippen MR) is 108 cm³/mol. The normalized spacial score (nSPS) is 10.6. The van der Waals surface area contributed by atoms with Crippen molar-refractivity contribution in [2.45, 2.75) is 13.5 Å². The van der Waals surface area contributed by atoms with Gasteiger partial charge in [-0.2, -0.15) is 0 Å². The molecule has 0 fully saturated rings. The SMILES string of the molecule is Cc1nc(-c2ccc(Cl)cc2)sc1C(=O)OCC(=O)N(C)Cc1cccs1. The number of thiazole rings is 1. The van der Waals surface area contributed by atoms with Gasteiger partial charge in [0.2, 0.25) is 0 Å². The molecule has 0 atom stereocenters. The number of halogens is 1. The molecule has 8 heteroatoms. The van der Waals surface area contributed by atoms with Gasteiger partial charge in [-0.25, -0.2) is 9.78 Å². The third kappa shape index (κ3) is 4.94. The molecule has 0 saturated carbocycles. The Morgan fingerprint density at radius 2 is 1.96 bits per heavy atom. The number of carbonyl (C=O) groups is 2. The molecule has 2 heterocycles. The Morgan fingerprint density at radius 3 is 2.63 bits per heavy atom. The molecule has 0 unspecified atom stereocenters. The van der Waals surface area contributed by atoms with Crippen molar-refractivity contribution in [1.29, 1.82) is 0 Å². The fourth-order valence-corrected chi connectivity index (χ4v) is 4.18. The van der Waals surface area contributed by atoms with Crippen LogP contribution < -0.4 is 0 Å². The van der Waals surface area contributed by atoms with Gasteiger partial charge in [0.15, 0.2) is 6.61 Å². The van der Waals surface area contributed by atoms with E-state index in [1.165, 1.54) is 16.2 Å². The van der Waals surface area contributed by atoms with Crippen LogP contribution in [0.4, 0.5) is 0 Å². The highest BCUT2D eigenvalue weighted by Gasteiger charge is 2.20. The zero-order valence-corrected chi connectivity index (χ0v) is 17.2. The predicted octanol–water partition coefficient (Wildman–Crippen LogP) is 4.65. The highest BCUT2D eigenvalue weighted by molar-refractivity contribution is 7.17. The van der Waals surface area contributed by atoms with Gasteiger partial charge in [0.1, 0.15) is 9.88 Å². The molecule has 1 aromatic carbocycles. The molecule has 0 spiro atoms. The van der Waals surface area contributed by atoms with Gasteiger partial charge in [0.05, 0.1) is 12.2 Å². The van der Waals surface area contributed by atoms with Crippen LogP contribution in [0.2, 0.25) is 5.02 Å². The second kappa shape index (κ2) is 8.65. The molecule has 5 nitrogen and oxygen atoms in total. The Balaban J connectivity index is 1.61. The smallest absolute Gasteiger partial charge is 0.350 e. The molecule has 0 aliphatic heterocycles. The van der Waals surface area contributed by atoms with Gasteiger partial charge in [0.25, 0.3) is 5.91 Å². The van der Waals surface area contributed by atoms with Gasteiger partial charge in [-0.1, -0.05) is 29.8 Å². The summed E-state index contributed by atoms with van der Waals surface area (Å²) in [6, 6.07) is 11.1. The van der Waals surface area contributed by atoms with E-state index in [9.17, 15) is 9.59 Å². The maximum atomic E-state index is 12.4. The summed E-state index contributed by atoms with van der Waals surface area (Å²) in [6.45, 7) is 1.94. The number of hydrogen-bond acceptors (Lipinski definition) is 6. The summed E-state index contributed by atoms with van der Waals surface area (Å²) in [5, 5.41) is 3.30. The van der Waals surface area contributed by atoms with E-state index in [0.717, 1.165) is 10.4 Å². The Bertz CT molecular complexity index is 937. The molecule has 0 N–H and O–H groups in total. The number of ether oxygens (including phenoxy) is 1. The average Bonchev–Trinajstić information content (AvgIpc) is 3.29. The maximum Gasteiger partial charge on any atom is 0.350 e. The summed E-state index contributed by atoms with van der Waals surface area (Å²) >= 11 is 8.72.